The van der Waals surface area contributed by atoms with Gasteiger partial charge >= 0.3 is 0 Å². The maximum atomic E-state index is 4.16. The van der Waals surface area contributed by atoms with Crippen LogP contribution in [0.5, 0.6) is 0 Å². The Labute approximate surface area is 84.2 Å². The minimum Gasteiger partial charge on any atom is -0.253 e. The van der Waals surface area contributed by atoms with Gasteiger partial charge in [0.15, 0.2) is 0 Å². The van der Waals surface area contributed by atoms with Crippen molar-refractivity contribution in [2.24, 2.45) is 0 Å². The van der Waals surface area contributed by atoms with Gasteiger partial charge in [0.05, 0.1) is 11.2 Å². The monoisotopic (exact) mass is 189 g/mol. The van der Waals surface area contributed by atoms with Gasteiger partial charge in [-0.3, -0.25) is 4.98 Å². The lowest BCUT2D eigenvalue weighted by molar-refractivity contribution is 1.09. The lowest BCUT2D eigenvalue weighted by Crippen LogP contribution is -1.88. The van der Waals surface area contributed by atoms with Crippen molar-refractivity contribution in [3.63, 3.8) is 0 Å². The van der Waals surface area contributed by atoms with Gasteiger partial charge in [-0.25, -0.2) is 9.97 Å². The minimum atomic E-state index is 0.884. The molecule has 0 saturated heterocycles. The van der Waals surface area contributed by atoms with Gasteiger partial charge in [0.25, 0.3) is 0 Å². The second-order valence-electron chi connectivity index (χ2n) is 3.04. The van der Waals surface area contributed by atoms with Crippen molar-refractivity contribution in [2.45, 2.75) is 27.2 Å². The fraction of sp³-hybridized carbons (Fsp3) is 0.364. The molecule has 2 aromatic rings. The highest BCUT2D eigenvalue weighted by Crippen LogP contribution is 2.08. The van der Waals surface area contributed by atoms with Crippen LogP contribution in [-0.2, 0) is 0 Å². The van der Waals surface area contributed by atoms with E-state index in [0.717, 1.165) is 16.7 Å². The summed E-state index contributed by atoms with van der Waals surface area (Å²) in [6, 6.07) is 3.80. The maximum Gasteiger partial charge on any atom is 0.116 e. The van der Waals surface area contributed by atoms with Crippen LogP contribution in [0.15, 0.2) is 24.7 Å². The molecule has 0 aliphatic carbocycles. The van der Waals surface area contributed by atoms with Crippen molar-refractivity contribution in [2.75, 3.05) is 0 Å². The standard InChI is InChI=1S/C8H7N3.C3H8/c1-6-8-7(11-5-10-6)3-2-4-9-8;1-3-2/h2-5H,1H3;3H2,1-2H3. The van der Waals surface area contributed by atoms with E-state index in [1.165, 1.54) is 6.42 Å². The number of aromatic nitrogens is 3. The molecule has 0 aliphatic rings. The summed E-state index contributed by atoms with van der Waals surface area (Å²) in [5, 5.41) is 0. The number of fused-ring (bicyclic) bond motifs is 1. The molecule has 0 bridgehead atoms. The molecular formula is C11H15N3. The Balaban J connectivity index is 0.000000293. The third kappa shape index (κ3) is 2.49. The van der Waals surface area contributed by atoms with E-state index in [2.05, 4.69) is 28.8 Å². The summed E-state index contributed by atoms with van der Waals surface area (Å²) in [6.45, 7) is 6.18. The molecule has 0 fully saturated rings. The van der Waals surface area contributed by atoms with Crippen LogP contribution in [0.3, 0.4) is 0 Å². The van der Waals surface area contributed by atoms with E-state index in [4.69, 9.17) is 0 Å². The molecule has 2 rings (SSSR count). The predicted octanol–water partition coefficient (Wildman–Crippen LogP) is 2.75. The quantitative estimate of drug-likeness (QED) is 0.639. The number of nitrogens with zero attached hydrogens (tertiary/aromatic N) is 3. The zero-order valence-electron chi connectivity index (χ0n) is 8.86. The number of hydrogen-bond acceptors (Lipinski definition) is 3. The van der Waals surface area contributed by atoms with Gasteiger partial charge in [-0.15, -0.1) is 0 Å². The summed E-state index contributed by atoms with van der Waals surface area (Å²) in [5.41, 5.74) is 2.71. The summed E-state index contributed by atoms with van der Waals surface area (Å²) < 4.78 is 0. The summed E-state index contributed by atoms with van der Waals surface area (Å²) >= 11 is 0. The molecule has 2 heterocycles. The Morgan fingerprint density at radius 1 is 1.14 bits per heavy atom. The topological polar surface area (TPSA) is 38.7 Å². The first-order chi connectivity index (χ1) is 6.79. The smallest absolute Gasteiger partial charge is 0.116 e. The third-order valence-electron chi connectivity index (χ3n) is 1.58. The number of rotatable bonds is 0. The molecule has 0 spiro atoms. The molecule has 0 unspecified atom stereocenters. The van der Waals surface area contributed by atoms with Gasteiger partial charge in [0.1, 0.15) is 11.8 Å². The van der Waals surface area contributed by atoms with Gasteiger partial charge in [-0.2, -0.15) is 0 Å². The minimum absolute atomic E-state index is 0.884. The number of aryl methyl sites for hydroxylation is 1. The zero-order valence-corrected chi connectivity index (χ0v) is 8.86. The Morgan fingerprint density at radius 2 is 1.86 bits per heavy atom. The molecule has 0 amide bonds. The second kappa shape index (κ2) is 5.27. The molecule has 0 saturated carbocycles. The number of hydrogen-bond donors (Lipinski definition) is 0. The van der Waals surface area contributed by atoms with Crippen LogP contribution < -0.4 is 0 Å². The first-order valence-electron chi connectivity index (χ1n) is 4.81. The normalized spacial score (nSPS) is 9.36. The van der Waals surface area contributed by atoms with E-state index < -0.39 is 0 Å². The van der Waals surface area contributed by atoms with Crippen molar-refractivity contribution in [1.29, 1.82) is 0 Å². The second-order valence-corrected chi connectivity index (χ2v) is 3.04. The van der Waals surface area contributed by atoms with E-state index in [9.17, 15) is 0 Å². The summed E-state index contributed by atoms with van der Waals surface area (Å²) in [6.07, 6.45) is 4.55. The van der Waals surface area contributed by atoms with Crippen LogP contribution in [0.1, 0.15) is 26.0 Å². The molecule has 2 aromatic heterocycles. The predicted molar refractivity (Wildman–Crippen MR) is 58.0 cm³/mol. The summed E-state index contributed by atoms with van der Waals surface area (Å²) in [4.78, 5) is 12.3. The molecule has 0 aromatic carbocycles. The Kier molecular flexibility index (Phi) is 3.98. The van der Waals surface area contributed by atoms with Crippen molar-refractivity contribution >= 4 is 11.0 Å². The molecule has 0 atom stereocenters. The Morgan fingerprint density at radius 3 is 2.50 bits per heavy atom. The van der Waals surface area contributed by atoms with Gasteiger partial charge < -0.3 is 0 Å². The van der Waals surface area contributed by atoms with E-state index in [-0.39, 0.29) is 0 Å². The molecule has 0 aliphatic heterocycles. The first kappa shape index (κ1) is 10.6. The van der Waals surface area contributed by atoms with E-state index in [0.29, 0.717) is 0 Å². The molecule has 3 heteroatoms. The van der Waals surface area contributed by atoms with Crippen LogP contribution in [0.2, 0.25) is 0 Å². The van der Waals surface area contributed by atoms with Crippen LogP contribution in [-0.4, -0.2) is 15.0 Å². The maximum absolute atomic E-state index is 4.16. The van der Waals surface area contributed by atoms with Crippen LogP contribution in [0.4, 0.5) is 0 Å². The average Bonchev–Trinajstić information content (AvgIpc) is 2.20. The number of pyridine rings is 1. The highest BCUT2D eigenvalue weighted by Gasteiger charge is 1.96. The van der Waals surface area contributed by atoms with E-state index in [1.54, 1.807) is 12.5 Å². The van der Waals surface area contributed by atoms with Crippen LogP contribution >= 0.6 is 0 Å². The van der Waals surface area contributed by atoms with Gasteiger partial charge in [-0.05, 0) is 19.1 Å². The van der Waals surface area contributed by atoms with E-state index in [1.807, 2.05) is 19.1 Å². The highest BCUT2D eigenvalue weighted by molar-refractivity contribution is 5.75. The van der Waals surface area contributed by atoms with Gasteiger partial charge in [0, 0.05) is 6.20 Å². The van der Waals surface area contributed by atoms with Crippen molar-refractivity contribution < 1.29 is 0 Å². The Hall–Kier alpha value is -1.51. The fourth-order valence-electron chi connectivity index (χ4n) is 1.02. The Bertz CT molecular complexity index is 393. The molecule has 14 heavy (non-hydrogen) atoms. The lowest BCUT2D eigenvalue weighted by atomic mass is 10.3. The highest BCUT2D eigenvalue weighted by atomic mass is 14.9. The largest absolute Gasteiger partial charge is 0.253 e. The first-order valence-corrected chi connectivity index (χ1v) is 4.81. The molecular weight excluding hydrogens is 174 g/mol. The van der Waals surface area contributed by atoms with E-state index >= 15 is 0 Å². The van der Waals surface area contributed by atoms with Gasteiger partial charge in [0.2, 0.25) is 0 Å². The van der Waals surface area contributed by atoms with Gasteiger partial charge in [-0.1, -0.05) is 20.3 Å². The molecule has 0 N–H and O–H groups in total. The van der Waals surface area contributed by atoms with Crippen molar-refractivity contribution in [1.82, 2.24) is 15.0 Å². The molecule has 3 nitrogen and oxygen atoms in total. The molecule has 0 radical (unpaired) electrons. The zero-order chi connectivity index (χ0) is 10.4. The third-order valence-corrected chi connectivity index (χ3v) is 1.58. The average molecular weight is 189 g/mol. The fourth-order valence-corrected chi connectivity index (χ4v) is 1.02. The van der Waals surface area contributed by atoms with Crippen molar-refractivity contribution in [3.8, 4) is 0 Å². The van der Waals surface area contributed by atoms with Crippen molar-refractivity contribution in [3.05, 3.63) is 30.4 Å². The SMILES string of the molecule is CCC.Cc1ncnc2cccnc12. The molecule has 74 valence electrons. The van der Waals surface area contributed by atoms with Crippen LogP contribution in [0.25, 0.3) is 11.0 Å². The lowest BCUT2D eigenvalue weighted by Gasteiger charge is -1.95. The summed E-state index contributed by atoms with van der Waals surface area (Å²) in [7, 11) is 0. The van der Waals surface area contributed by atoms with Crippen LogP contribution in [0, 0.1) is 6.92 Å². The summed E-state index contributed by atoms with van der Waals surface area (Å²) in [5.74, 6) is 0.